The van der Waals surface area contributed by atoms with E-state index in [2.05, 4.69) is 0 Å². The maximum absolute atomic E-state index is 12.9. The molecule has 0 aliphatic heterocycles. The summed E-state index contributed by atoms with van der Waals surface area (Å²) in [5, 5.41) is 1.64. The summed E-state index contributed by atoms with van der Waals surface area (Å²) in [6, 6.07) is 11.6. The van der Waals surface area contributed by atoms with E-state index in [1.165, 1.54) is 12.1 Å². The highest BCUT2D eigenvalue weighted by molar-refractivity contribution is 5.85. The standard InChI is InChI=1S/C12H7F3/c13-11(12(14)15)10-6-5-8-3-1-2-4-9(8)7-10/h1-7H. The van der Waals surface area contributed by atoms with E-state index < -0.39 is 11.9 Å². The lowest BCUT2D eigenvalue weighted by atomic mass is 10.1. The fraction of sp³-hybridized carbons (Fsp3) is 0. The summed E-state index contributed by atoms with van der Waals surface area (Å²) >= 11 is 0. The van der Waals surface area contributed by atoms with Crippen molar-refractivity contribution in [3.05, 3.63) is 54.1 Å². The molecule has 0 bridgehead atoms. The van der Waals surface area contributed by atoms with E-state index in [4.69, 9.17) is 0 Å². The predicted molar refractivity (Wildman–Crippen MR) is 54.2 cm³/mol. The third-order valence-corrected chi connectivity index (χ3v) is 2.17. The first kappa shape index (κ1) is 9.77. The summed E-state index contributed by atoms with van der Waals surface area (Å²) in [4.78, 5) is 0. The zero-order valence-corrected chi connectivity index (χ0v) is 7.68. The average molecular weight is 208 g/mol. The summed E-state index contributed by atoms with van der Waals surface area (Å²) in [6.45, 7) is 0. The SMILES string of the molecule is FC(F)=C(F)c1ccc2ccccc2c1. The van der Waals surface area contributed by atoms with Crippen LogP contribution in [0, 0.1) is 0 Å². The van der Waals surface area contributed by atoms with Gasteiger partial charge in [-0.3, -0.25) is 0 Å². The molecular weight excluding hydrogens is 201 g/mol. The maximum atomic E-state index is 12.9. The van der Waals surface area contributed by atoms with E-state index in [1.54, 1.807) is 18.2 Å². The molecule has 0 atom stereocenters. The molecule has 0 aromatic heterocycles. The van der Waals surface area contributed by atoms with Crippen LogP contribution in [0.4, 0.5) is 13.2 Å². The lowest BCUT2D eigenvalue weighted by molar-refractivity contribution is 0.410. The quantitative estimate of drug-likeness (QED) is 0.652. The smallest absolute Gasteiger partial charge is 0.200 e. The first-order chi connectivity index (χ1) is 7.18. The van der Waals surface area contributed by atoms with E-state index in [9.17, 15) is 13.2 Å². The second-order valence-electron chi connectivity index (χ2n) is 3.14. The van der Waals surface area contributed by atoms with Crippen molar-refractivity contribution in [3.8, 4) is 0 Å². The Morgan fingerprint density at radius 3 is 2.13 bits per heavy atom. The van der Waals surface area contributed by atoms with E-state index in [0.29, 0.717) is 0 Å². The molecule has 0 saturated heterocycles. The molecule has 76 valence electrons. The molecule has 0 N–H and O–H groups in total. The number of rotatable bonds is 1. The lowest BCUT2D eigenvalue weighted by Gasteiger charge is -2.00. The largest absolute Gasteiger partial charge is 0.306 e. The minimum Gasteiger partial charge on any atom is -0.200 e. The van der Waals surface area contributed by atoms with Gasteiger partial charge in [0, 0.05) is 5.56 Å². The second kappa shape index (κ2) is 3.77. The van der Waals surface area contributed by atoms with Crippen molar-refractivity contribution in [1.29, 1.82) is 0 Å². The highest BCUT2D eigenvalue weighted by Crippen LogP contribution is 2.25. The van der Waals surface area contributed by atoms with Gasteiger partial charge in [-0.15, -0.1) is 0 Å². The van der Waals surface area contributed by atoms with E-state index in [-0.39, 0.29) is 5.56 Å². The lowest BCUT2D eigenvalue weighted by Crippen LogP contribution is -1.80. The molecule has 0 aliphatic rings. The van der Waals surface area contributed by atoms with Crippen molar-refractivity contribution in [2.75, 3.05) is 0 Å². The molecule has 0 saturated carbocycles. The summed E-state index contributed by atoms with van der Waals surface area (Å²) in [7, 11) is 0. The van der Waals surface area contributed by atoms with Gasteiger partial charge in [0.2, 0.25) is 0 Å². The Balaban J connectivity index is 2.62. The maximum Gasteiger partial charge on any atom is 0.306 e. The fourth-order valence-corrected chi connectivity index (χ4v) is 1.43. The molecule has 0 heterocycles. The van der Waals surface area contributed by atoms with Gasteiger partial charge >= 0.3 is 6.08 Å². The monoisotopic (exact) mass is 208 g/mol. The van der Waals surface area contributed by atoms with Crippen LogP contribution in [0.25, 0.3) is 16.6 Å². The van der Waals surface area contributed by atoms with Crippen LogP contribution in [-0.2, 0) is 0 Å². The average Bonchev–Trinajstić information content (AvgIpc) is 2.27. The van der Waals surface area contributed by atoms with Crippen LogP contribution in [0.15, 0.2) is 48.5 Å². The van der Waals surface area contributed by atoms with Crippen LogP contribution in [0.2, 0.25) is 0 Å². The minimum atomic E-state index is -2.29. The van der Waals surface area contributed by atoms with Crippen molar-refractivity contribution in [1.82, 2.24) is 0 Å². The third kappa shape index (κ3) is 1.86. The summed E-state index contributed by atoms with van der Waals surface area (Å²) in [5.74, 6) is -1.46. The van der Waals surface area contributed by atoms with Crippen LogP contribution in [0.3, 0.4) is 0 Å². The van der Waals surface area contributed by atoms with Crippen molar-refractivity contribution in [2.24, 2.45) is 0 Å². The third-order valence-electron chi connectivity index (χ3n) is 2.17. The molecule has 0 amide bonds. The first-order valence-corrected chi connectivity index (χ1v) is 4.38. The van der Waals surface area contributed by atoms with Crippen LogP contribution < -0.4 is 0 Å². The van der Waals surface area contributed by atoms with Crippen LogP contribution in [0.5, 0.6) is 0 Å². The normalized spacial score (nSPS) is 10.3. The number of benzene rings is 2. The van der Waals surface area contributed by atoms with E-state index in [1.807, 2.05) is 12.1 Å². The van der Waals surface area contributed by atoms with Crippen molar-refractivity contribution in [2.45, 2.75) is 0 Å². The summed E-state index contributed by atoms with van der Waals surface area (Å²) in [6.07, 6.45) is -2.29. The fourth-order valence-electron chi connectivity index (χ4n) is 1.43. The Hall–Kier alpha value is -1.77. The molecule has 2 aromatic rings. The molecule has 2 aromatic carbocycles. The van der Waals surface area contributed by atoms with Crippen molar-refractivity contribution >= 4 is 16.6 Å². The molecule has 0 fully saturated rings. The topological polar surface area (TPSA) is 0 Å². The zero-order valence-electron chi connectivity index (χ0n) is 7.68. The van der Waals surface area contributed by atoms with E-state index >= 15 is 0 Å². The molecule has 2 rings (SSSR count). The summed E-state index contributed by atoms with van der Waals surface area (Å²) < 4.78 is 37.0. The first-order valence-electron chi connectivity index (χ1n) is 4.38. The molecule has 0 nitrogen and oxygen atoms in total. The van der Waals surface area contributed by atoms with Gasteiger partial charge in [0.25, 0.3) is 0 Å². The van der Waals surface area contributed by atoms with Gasteiger partial charge < -0.3 is 0 Å². The van der Waals surface area contributed by atoms with E-state index in [0.717, 1.165) is 10.8 Å². The Kier molecular flexibility index (Phi) is 2.46. The number of halogens is 3. The number of hydrogen-bond donors (Lipinski definition) is 0. The molecule has 0 aliphatic carbocycles. The van der Waals surface area contributed by atoms with Crippen molar-refractivity contribution in [3.63, 3.8) is 0 Å². The molecular formula is C12H7F3. The number of fused-ring (bicyclic) bond motifs is 1. The van der Waals surface area contributed by atoms with Crippen LogP contribution in [0.1, 0.15) is 5.56 Å². The van der Waals surface area contributed by atoms with Gasteiger partial charge in [-0.2, -0.15) is 8.78 Å². The number of hydrogen-bond acceptors (Lipinski definition) is 0. The van der Waals surface area contributed by atoms with Crippen LogP contribution >= 0.6 is 0 Å². The van der Waals surface area contributed by atoms with Gasteiger partial charge in [-0.05, 0) is 16.8 Å². The van der Waals surface area contributed by atoms with Gasteiger partial charge in [-0.25, -0.2) is 4.39 Å². The molecule has 0 radical (unpaired) electrons. The van der Waals surface area contributed by atoms with Gasteiger partial charge in [0.15, 0.2) is 5.83 Å². The van der Waals surface area contributed by atoms with Gasteiger partial charge in [-0.1, -0.05) is 36.4 Å². The summed E-state index contributed by atoms with van der Waals surface area (Å²) in [5.41, 5.74) is -0.0892. The molecule has 0 unspecified atom stereocenters. The Labute approximate surface area is 84.6 Å². The second-order valence-corrected chi connectivity index (χ2v) is 3.14. The minimum absolute atomic E-state index is 0.0892. The molecule has 3 heteroatoms. The molecule has 0 spiro atoms. The van der Waals surface area contributed by atoms with Gasteiger partial charge in [0.1, 0.15) is 0 Å². The Morgan fingerprint density at radius 2 is 1.47 bits per heavy atom. The molecule has 15 heavy (non-hydrogen) atoms. The predicted octanol–water partition coefficient (Wildman–Crippen LogP) is 4.37. The van der Waals surface area contributed by atoms with Crippen molar-refractivity contribution < 1.29 is 13.2 Å². The van der Waals surface area contributed by atoms with Crippen LogP contribution in [-0.4, -0.2) is 0 Å². The Morgan fingerprint density at radius 1 is 0.800 bits per heavy atom. The van der Waals surface area contributed by atoms with Gasteiger partial charge in [0.05, 0.1) is 0 Å². The zero-order chi connectivity index (χ0) is 10.8. The highest BCUT2D eigenvalue weighted by Gasteiger charge is 2.08. The highest BCUT2D eigenvalue weighted by atomic mass is 19.3. The Bertz CT molecular complexity index is 525.